The van der Waals surface area contributed by atoms with Crippen LogP contribution in [0.4, 0.5) is 10.1 Å². The van der Waals surface area contributed by atoms with Crippen LogP contribution in [0, 0.1) is 26.6 Å². The lowest BCUT2D eigenvalue weighted by molar-refractivity contribution is -0.136. The van der Waals surface area contributed by atoms with Gasteiger partial charge in [0.15, 0.2) is 5.75 Å². The third kappa shape index (κ3) is 3.29. The van der Waals surface area contributed by atoms with Crippen LogP contribution in [0.5, 0.6) is 11.5 Å². The molecular formula is C24H20FNO3. The van der Waals surface area contributed by atoms with Crippen molar-refractivity contribution < 1.29 is 19.0 Å². The Hall–Kier alpha value is -3.47. The first-order valence-corrected chi connectivity index (χ1v) is 9.32. The Morgan fingerprint density at radius 2 is 1.79 bits per heavy atom. The highest BCUT2D eigenvalue weighted by molar-refractivity contribution is 5.92. The molecule has 0 bridgehead atoms. The summed E-state index contributed by atoms with van der Waals surface area (Å²) in [5.74, 6) is -0.434. The van der Waals surface area contributed by atoms with Crippen molar-refractivity contribution in [3.63, 3.8) is 0 Å². The molecule has 0 radical (unpaired) electrons. The number of hydrogen-bond donors (Lipinski definition) is 1. The second-order valence-electron chi connectivity index (χ2n) is 7.23. The van der Waals surface area contributed by atoms with Crippen molar-refractivity contribution in [3.05, 3.63) is 76.1 Å². The predicted molar refractivity (Wildman–Crippen MR) is 111 cm³/mol. The smallest absolute Gasteiger partial charge is 0.307 e. The van der Waals surface area contributed by atoms with Gasteiger partial charge in [0.2, 0.25) is 0 Å². The molecule has 0 fully saturated rings. The number of carbonyl (C=O) groups is 1. The summed E-state index contributed by atoms with van der Waals surface area (Å²) in [5.41, 5.74) is 5.83. The van der Waals surface area contributed by atoms with Crippen LogP contribution in [0.2, 0.25) is 0 Å². The molecule has 3 aromatic rings. The fourth-order valence-corrected chi connectivity index (χ4v) is 3.75. The standard InChI is InChI=1S/C24H20FNO3/c1-13-7-9-16(10-8-13)22-15(3)24-23(14(2)17(22)11-21(27)28)26-12-18-19(25)5-4-6-20(18)29-24/h4-10,12H,11H2,1-3H3,(H,27,28). The van der Waals surface area contributed by atoms with Crippen molar-refractivity contribution in [1.29, 1.82) is 0 Å². The normalized spacial score (nSPS) is 12.0. The minimum absolute atomic E-state index is 0.139. The molecule has 5 heteroatoms. The monoisotopic (exact) mass is 389 g/mol. The average molecular weight is 389 g/mol. The molecule has 0 amide bonds. The highest BCUT2D eigenvalue weighted by Gasteiger charge is 2.25. The van der Waals surface area contributed by atoms with E-state index in [1.807, 2.05) is 45.0 Å². The van der Waals surface area contributed by atoms with Crippen LogP contribution < -0.4 is 4.74 Å². The lowest BCUT2D eigenvalue weighted by Gasteiger charge is -2.21. The third-order valence-corrected chi connectivity index (χ3v) is 5.26. The Bertz CT molecular complexity index is 1160. The van der Waals surface area contributed by atoms with E-state index in [1.165, 1.54) is 12.3 Å². The van der Waals surface area contributed by atoms with Gasteiger partial charge < -0.3 is 9.84 Å². The molecule has 1 aliphatic rings. The maximum absolute atomic E-state index is 14.3. The van der Waals surface area contributed by atoms with E-state index in [0.29, 0.717) is 28.3 Å². The minimum atomic E-state index is -0.923. The Morgan fingerprint density at radius 3 is 2.48 bits per heavy atom. The first-order chi connectivity index (χ1) is 13.9. The largest absolute Gasteiger partial charge is 0.481 e. The van der Waals surface area contributed by atoms with E-state index in [9.17, 15) is 14.3 Å². The van der Waals surface area contributed by atoms with Crippen molar-refractivity contribution in [3.8, 4) is 22.6 Å². The summed E-state index contributed by atoms with van der Waals surface area (Å²) < 4.78 is 20.4. The molecule has 3 aromatic carbocycles. The van der Waals surface area contributed by atoms with Gasteiger partial charge >= 0.3 is 5.97 Å². The number of nitrogens with zero attached hydrogens (tertiary/aromatic N) is 1. The number of aliphatic carboxylic acids is 1. The van der Waals surface area contributed by atoms with Crippen LogP contribution in [0.25, 0.3) is 11.1 Å². The summed E-state index contributed by atoms with van der Waals surface area (Å²) in [6.07, 6.45) is 1.30. The second kappa shape index (κ2) is 7.17. The molecule has 0 aliphatic carbocycles. The topological polar surface area (TPSA) is 58.9 Å². The van der Waals surface area contributed by atoms with Crippen LogP contribution in [-0.2, 0) is 11.2 Å². The predicted octanol–water partition coefficient (Wildman–Crippen LogP) is 5.90. The van der Waals surface area contributed by atoms with E-state index in [2.05, 4.69) is 4.99 Å². The highest BCUT2D eigenvalue weighted by atomic mass is 19.1. The third-order valence-electron chi connectivity index (χ3n) is 5.26. The zero-order chi connectivity index (χ0) is 20.7. The Morgan fingerprint density at radius 1 is 1.07 bits per heavy atom. The SMILES string of the molecule is Cc1ccc(-c2c(C)c3c(c(C)c2CC(=O)O)N=Cc2c(F)cccc2O3)cc1. The lowest BCUT2D eigenvalue weighted by atomic mass is 9.88. The number of ether oxygens (including phenoxy) is 1. The first-order valence-electron chi connectivity index (χ1n) is 9.32. The Labute approximate surface area is 168 Å². The zero-order valence-corrected chi connectivity index (χ0v) is 16.4. The van der Waals surface area contributed by atoms with Gasteiger partial charge in [0.25, 0.3) is 0 Å². The van der Waals surface area contributed by atoms with Gasteiger partial charge in [-0.25, -0.2) is 4.39 Å². The van der Waals surface area contributed by atoms with E-state index in [0.717, 1.165) is 22.3 Å². The molecule has 29 heavy (non-hydrogen) atoms. The first kappa shape index (κ1) is 18.9. The van der Waals surface area contributed by atoms with Crippen LogP contribution in [0.15, 0.2) is 47.5 Å². The van der Waals surface area contributed by atoms with Gasteiger partial charge in [-0.2, -0.15) is 0 Å². The number of carboxylic acid groups (broad SMARTS) is 1. The molecule has 0 aromatic heterocycles. The molecule has 0 saturated heterocycles. The Balaban J connectivity index is 2.02. The fourth-order valence-electron chi connectivity index (χ4n) is 3.75. The van der Waals surface area contributed by atoms with E-state index in [-0.39, 0.29) is 12.0 Å². The van der Waals surface area contributed by atoms with E-state index < -0.39 is 11.8 Å². The van der Waals surface area contributed by atoms with Gasteiger partial charge in [-0.05, 0) is 55.2 Å². The molecule has 0 atom stereocenters. The number of fused-ring (bicyclic) bond motifs is 2. The van der Waals surface area contributed by atoms with Gasteiger partial charge in [-0.15, -0.1) is 0 Å². The number of rotatable bonds is 3. The van der Waals surface area contributed by atoms with E-state index in [4.69, 9.17) is 4.74 Å². The van der Waals surface area contributed by atoms with E-state index in [1.54, 1.807) is 12.1 Å². The van der Waals surface area contributed by atoms with Crippen LogP contribution in [0.1, 0.15) is 27.8 Å². The van der Waals surface area contributed by atoms with Crippen LogP contribution in [0.3, 0.4) is 0 Å². The van der Waals surface area contributed by atoms with Crippen molar-refractivity contribution >= 4 is 17.9 Å². The maximum atomic E-state index is 14.3. The Kier molecular flexibility index (Phi) is 4.66. The van der Waals surface area contributed by atoms with Gasteiger partial charge in [0.1, 0.15) is 17.3 Å². The van der Waals surface area contributed by atoms with Crippen molar-refractivity contribution in [2.24, 2.45) is 4.99 Å². The van der Waals surface area contributed by atoms with Crippen molar-refractivity contribution in [2.45, 2.75) is 27.2 Å². The second-order valence-corrected chi connectivity index (χ2v) is 7.23. The highest BCUT2D eigenvalue weighted by Crippen LogP contribution is 2.47. The number of aryl methyl sites for hydroxylation is 1. The van der Waals surface area contributed by atoms with Crippen LogP contribution in [-0.4, -0.2) is 17.3 Å². The molecule has 1 aliphatic heterocycles. The average Bonchev–Trinajstić information content (AvgIpc) is 2.88. The number of halogens is 1. The molecule has 0 spiro atoms. The molecule has 1 heterocycles. The summed E-state index contributed by atoms with van der Waals surface area (Å²) in [5, 5.41) is 9.52. The summed E-state index contributed by atoms with van der Waals surface area (Å²) in [7, 11) is 0. The summed E-state index contributed by atoms with van der Waals surface area (Å²) in [6.45, 7) is 5.72. The summed E-state index contributed by atoms with van der Waals surface area (Å²) in [4.78, 5) is 16.1. The maximum Gasteiger partial charge on any atom is 0.307 e. The summed E-state index contributed by atoms with van der Waals surface area (Å²) >= 11 is 0. The number of carboxylic acids is 1. The van der Waals surface area contributed by atoms with Gasteiger partial charge in [0, 0.05) is 11.8 Å². The minimum Gasteiger partial charge on any atom is -0.481 e. The zero-order valence-electron chi connectivity index (χ0n) is 16.4. The molecule has 4 rings (SSSR count). The van der Waals surface area contributed by atoms with Gasteiger partial charge in [-0.3, -0.25) is 9.79 Å². The van der Waals surface area contributed by atoms with Gasteiger partial charge in [0.05, 0.1) is 12.0 Å². The fraction of sp³-hybridized carbons (Fsp3) is 0.167. The molecule has 4 nitrogen and oxygen atoms in total. The quantitative estimate of drug-likeness (QED) is 0.474. The molecule has 1 N–H and O–H groups in total. The number of benzene rings is 3. The van der Waals surface area contributed by atoms with Crippen molar-refractivity contribution in [1.82, 2.24) is 0 Å². The molecule has 0 unspecified atom stereocenters. The number of aliphatic imine (C=N–C) groups is 1. The lowest BCUT2D eigenvalue weighted by Crippen LogP contribution is -2.07. The molecule has 146 valence electrons. The van der Waals surface area contributed by atoms with Crippen LogP contribution >= 0.6 is 0 Å². The molecule has 0 saturated carbocycles. The molecular weight excluding hydrogens is 369 g/mol. The number of hydrogen-bond acceptors (Lipinski definition) is 3. The summed E-state index contributed by atoms with van der Waals surface area (Å²) in [6, 6.07) is 12.6. The van der Waals surface area contributed by atoms with Gasteiger partial charge in [-0.1, -0.05) is 35.9 Å². The van der Waals surface area contributed by atoms with E-state index >= 15 is 0 Å². The van der Waals surface area contributed by atoms with Crippen molar-refractivity contribution in [2.75, 3.05) is 0 Å².